The van der Waals surface area contributed by atoms with E-state index in [1.54, 1.807) is 11.3 Å². The van der Waals surface area contributed by atoms with Crippen LogP contribution in [0.5, 0.6) is 0 Å². The van der Waals surface area contributed by atoms with Crippen LogP contribution in [0.1, 0.15) is 17.8 Å². The first-order valence-corrected chi connectivity index (χ1v) is 5.06. The summed E-state index contributed by atoms with van der Waals surface area (Å²) >= 11 is 7.38. The van der Waals surface area contributed by atoms with Gasteiger partial charge in [-0.3, -0.25) is 0 Å². The van der Waals surface area contributed by atoms with Gasteiger partial charge in [0.25, 0.3) is 0 Å². The van der Waals surface area contributed by atoms with E-state index in [0.29, 0.717) is 17.6 Å². The lowest BCUT2D eigenvalue weighted by Gasteiger charge is -2.10. The van der Waals surface area contributed by atoms with E-state index in [1.807, 2.05) is 6.07 Å². The summed E-state index contributed by atoms with van der Waals surface area (Å²) in [5, 5.41) is 5.99. The molecule has 1 aromatic rings. The fourth-order valence-corrected chi connectivity index (χ4v) is 1.74. The van der Waals surface area contributed by atoms with Crippen molar-refractivity contribution in [2.24, 2.45) is 0 Å². The Morgan fingerprint density at radius 1 is 1.83 bits per heavy atom. The van der Waals surface area contributed by atoms with Gasteiger partial charge in [-0.2, -0.15) is 0 Å². The Kier molecular flexibility index (Phi) is 3.79. The van der Waals surface area contributed by atoms with Crippen molar-refractivity contribution in [3.8, 4) is 0 Å². The van der Waals surface area contributed by atoms with E-state index in [2.05, 4.69) is 30.3 Å². The van der Waals surface area contributed by atoms with Crippen molar-refractivity contribution >= 4 is 22.9 Å². The molecule has 1 rings (SSSR count). The van der Waals surface area contributed by atoms with E-state index in [-0.39, 0.29) is 0 Å². The molecule has 3 heteroatoms. The van der Waals surface area contributed by atoms with Crippen molar-refractivity contribution in [1.29, 1.82) is 0 Å². The molecule has 0 saturated heterocycles. The maximum absolute atomic E-state index is 5.63. The lowest BCUT2D eigenvalue weighted by molar-refractivity contribution is 0.624. The highest BCUT2D eigenvalue weighted by Crippen LogP contribution is 2.18. The van der Waals surface area contributed by atoms with Gasteiger partial charge in [-0.1, -0.05) is 24.2 Å². The molecule has 0 saturated carbocycles. The molecular formula is C9H12ClNS. The van der Waals surface area contributed by atoms with Crippen LogP contribution in [0.25, 0.3) is 0 Å². The highest BCUT2D eigenvalue weighted by atomic mass is 35.5. The first-order chi connectivity index (χ1) is 5.70. The number of hydrogen-bond acceptors (Lipinski definition) is 2. The van der Waals surface area contributed by atoms with E-state index in [4.69, 9.17) is 11.6 Å². The maximum atomic E-state index is 5.63. The smallest absolute Gasteiger partial charge is 0.0389 e. The van der Waals surface area contributed by atoms with Crippen molar-refractivity contribution in [3.63, 3.8) is 0 Å². The summed E-state index contributed by atoms with van der Waals surface area (Å²) in [7, 11) is 0. The van der Waals surface area contributed by atoms with Crippen molar-refractivity contribution in [2.75, 3.05) is 6.54 Å². The van der Waals surface area contributed by atoms with Gasteiger partial charge in [0, 0.05) is 22.5 Å². The van der Waals surface area contributed by atoms with Gasteiger partial charge in [-0.05, 0) is 18.4 Å². The lowest BCUT2D eigenvalue weighted by atomic mass is 10.3. The molecule has 0 aliphatic rings. The highest BCUT2D eigenvalue weighted by Gasteiger charge is 2.04. The van der Waals surface area contributed by atoms with Crippen molar-refractivity contribution in [1.82, 2.24) is 5.32 Å². The van der Waals surface area contributed by atoms with Gasteiger partial charge in [0.2, 0.25) is 0 Å². The van der Waals surface area contributed by atoms with Gasteiger partial charge in [-0.25, -0.2) is 0 Å². The molecule has 0 aliphatic carbocycles. The largest absolute Gasteiger partial charge is 0.304 e. The predicted molar refractivity (Wildman–Crippen MR) is 55.7 cm³/mol. The third-order valence-corrected chi connectivity index (χ3v) is 2.76. The minimum atomic E-state index is 0.362. The summed E-state index contributed by atoms with van der Waals surface area (Å²) in [6, 6.07) is 4.52. The fourth-order valence-electron chi connectivity index (χ4n) is 0.902. The predicted octanol–water partition coefficient (Wildman–Crippen LogP) is 3.15. The molecule has 0 radical (unpaired) electrons. The number of halogens is 1. The second-order valence-electron chi connectivity index (χ2n) is 2.64. The van der Waals surface area contributed by atoms with Crippen molar-refractivity contribution < 1.29 is 0 Å². The van der Waals surface area contributed by atoms with Crippen LogP contribution in [0.3, 0.4) is 0 Å². The van der Waals surface area contributed by atoms with E-state index < -0.39 is 0 Å². The minimum Gasteiger partial charge on any atom is -0.304 e. The number of rotatable bonds is 4. The molecule has 0 amide bonds. The molecule has 12 heavy (non-hydrogen) atoms. The van der Waals surface area contributed by atoms with E-state index in [0.717, 1.165) is 0 Å². The second kappa shape index (κ2) is 4.65. The van der Waals surface area contributed by atoms with Gasteiger partial charge >= 0.3 is 0 Å². The van der Waals surface area contributed by atoms with Crippen LogP contribution in [0.2, 0.25) is 0 Å². The topological polar surface area (TPSA) is 12.0 Å². The summed E-state index contributed by atoms with van der Waals surface area (Å²) in [6.07, 6.45) is 0. The standard InChI is InChI=1S/C9H12ClNS/c1-7(10)6-11-8(2)9-4-3-5-12-9/h3-5,8,11H,1,6H2,2H3/t8-/m1/s1. The second-order valence-corrected chi connectivity index (χ2v) is 4.15. The fraction of sp³-hybridized carbons (Fsp3) is 0.333. The van der Waals surface area contributed by atoms with E-state index in [1.165, 1.54) is 4.88 Å². The summed E-state index contributed by atoms with van der Waals surface area (Å²) in [4.78, 5) is 1.33. The van der Waals surface area contributed by atoms with Crippen LogP contribution < -0.4 is 5.32 Å². The molecule has 0 bridgehead atoms. The van der Waals surface area contributed by atoms with Crippen molar-refractivity contribution in [2.45, 2.75) is 13.0 Å². The van der Waals surface area contributed by atoms with Crippen LogP contribution in [0.4, 0.5) is 0 Å². The van der Waals surface area contributed by atoms with Crippen molar-refractivity contribution in [3.05, 3.63) is 34.0 Å². The highest BCUT2D eigenvalue weighted by molar-refractivity contribution is 7.10. The third kappa shape index (κ3) is 2.97. The SMILES string of the molecule is C=C(Cl)CN[C@H](C)c1cccs1. The average molecular weight is 202 g/mol. The molecule has 0 fully saturated rings. The van der Waals surface area contributed by atoms with Gasteiger partial charge in [-0.15, -0.1) is 11.3 Å². The number of thiophene rings is 1. The van der Waals surface area contributed by atoms with Gasteiger partial charge in [0.1, 0.15) is 0 Å². The van der Waals surface area contributed by atoms with Gasteiger partial charge in [0.05, 0.1) is 0 Å². The Balaban J connectivity index is 2.39. The van der Waals surface area contributed by atoms with E-state index >= 15 is 0 Å². The normalized spacial score (nSPS) is 12.8. The zero-order valence-electron chi connectivity index (χ0n) is 7.01. The van der Waals surface area contributed by atoms with Crippen LogP contribution in [0, 0.1) is 0 Å². The lowest BCUT2D eigenvalue weighted by Crippen LogP contribution is -2.18. The summed E-state index contributed by atoms with van der Waals surface area (Å²) in [5.74, 6) is 0. The molecule has 1 heterocycles. The first kappa shape index (κ1) is 9.78. The molecule has 0 unspecified atom stereocenters. The van der Waals surface area contributed by atoms with Crippen LogP contribution in [-0.2, 0) is 0 Å². The van der Waals surface area contributed by atoms with Crippen LogP contribution >= 0.6 is 22.9 Å². The molecule has 1 nitrogen and oxygen atoms in total. The molecule has 66 valence electrons. The first-order valence-electron chi connectivity index (χ1n) is 3.80. The zero-order valence-corrected chi connectivity index (χ0v) is 8.58. The maximum Gasteiger partial charge on any atom is 0.0389 e. The molecular weight excluding hydrogens is 190 g/mol. The monoisotopic (exact) mass is 201 g/mol. The van der Waals surface area contributed by atoms with Crippen LogP contribution in [-0.4, -0.2) is 6.54 Å². The zero-order chi connectivity index (χ0) is 8.97. The van der Waals surface area contributed by atoms with Crippen LogP contribution in [0.15, 0.2) is 29.1 Å². The van der Waals surface area contributed by atoms with Gasteiger partial charge in [0.15, 0.2) is 0 Å². The summed E-state index contributed by atoms with van der Waals surface area (Å²) in [5.41, 5.74) is 0. The Bertz CT molecular complexity index is 243. The summed E-state index contributed by atoms with van der Waals surface area (Å²) in [6.45, 7) is 6.40. The molecule has 1 N–H and O–H groups in total. The van der Waals surface area contributed by atoms with Gasteiger partial charge < -0.3 is 5.32 Å². The average Bonchev–Trinajstić information content (AvgIpc) is 2.51. The van der Waals surface area contributed by atoms with E-state index in [9.17, 15) is 0 Å². The number of nitrogens with one attached hydrogen (secondary N) is 1. The summed E-state index contributed by atoms with van der Waals surface area (Å²) < 4.78 is 0. The molecule has 1 atom stereocenters. The Hall–Kier alpha value is -0.310. The Morgan fingerprint density at radius 3 is 3.08 bits per heavy atom. The molecule has 1 aromatic heterocycles. The number of hydrogen-bond donors (Lipinski definition) is 1. The molecule has 0 aliphatic heterocycles. The molecule has 0 spiro atoms. The quantitative estimate of drug-likeness (QED) is 0.789. The Morgan fingerprint density at radius 2 is 2.58 bits per heavy atom. The third-order valence-electron chi connectivity index (χ3n) is 1.57. The Labute approximate surface area is 82.1 Å². The minimum absolute atomic E-state index is 0.362. The molecule has 0 aromatic carbocycles.